The van der Waals surface area contributed by atoms with E-state index >= 15 is 0 Å². The molecule has 0 amide bonds. The van der Waals surface area contributed by atoms with Gasteiger partial charge in [-0.25, -0.2) is 0 Å². The fourth-order valence-electron chi connectivity index (χ4n) is 1.59. The van der Waals surface area contributed by atoms with Gasteiger partial charge in [-0.2, -0.15) is 0 Å². The average Bonchev–Trinajstić information content (AvgIpc) is 2.60. The van der Waals surface area contributed by atoms with E-state index in [0.717, 1.165) is 5.88 Å². The van der Waals surface area contributed by atoms with Gasteiger partial charge in [0.2, 0.25) is 0 Å². The molecular weight excluding hydrogens is 154 g/mol. The van der Waals surface area contributed by atoms with Crippen LogP contribution in [0.3, 0.4) is 0 Å². The Bertz CT molecular complexity index is 416. The normalized spacial score (nSPS) is 14.5. The highest BCUT2D eigenvalue weighted by atomic mass is 32.2. The smallest absolute Gasteiger partial charge is 0.0730 e. The van der Waals surface area contributed by atoms with E-state index in [2.05, 4.69) is 35.0 Å². The lowest BCUT2D eigenvalue weighted by Gasteiger charge is -1.90. The van der Waals surface area contributed by atoms with Gasteiger partial charge in [-0.3, -0.25) is 0 Å². The summed E-state index contributed by atoms with van der Waals surface area (Å²) < 4.78 is 2.30. The summed E-state index contributed by atoms with van der Waals surface area (Å²) in [6.07, 6.45) is 2.16. The van der Waals surface area contributed by atoms with E-state index < -0.39 is 0 Å². The molecule has 1 aromatic heterocycles. The molecule has 2 heterocycles. The molecule has 2 aromatic rings. The quantitative estimate of drug-likeness (QED) is 0.575. The molecule has 1 nitrogen and oxygen atoms in total. The fraction of sp³-hybridized carbons (Fsp3) is 0.111. The van der Waals surface area contributed by atoms with E-state index in [0.29, 0.717) is 0 Å². The molecule has 0 fully saturated rings. The molecule has 0 unspecified atom stereocenters. The largest absolute Gasteiger partial charge is 0.336 e. The first-order chi connectivity index (χ1) is 5.45. The summed E-state index contributed by atoms with van der Waals surface area (Å²) in [5.74, 6) is 1.09. The zero-order valence-corrected chi connectivity index (χ0v) is 6.77. The van der Waals surface area contributed by atoms with Gasteiger partial charge in [0.1, 0.15) is 0 Å². The standard InChI is InChI=1S/C9H7NS/c1-2-7-4-5-10-6-11-8(3-1)9(7)10/h1-5H,6H2. The maximum Gasteiger partial charge on any atom is 0.0730 e. The monoisotopic (exact) mass is 161 g/mol. The molecule has 0 saturated heterocycles. The van der Waals surface area contributed by atoms with E-state index in [1.807, 2.05) is 11.8 Å². The molecule has 0 aliphatic carbocycles. The van der Waals surface area contributed by atoms with Crippen LogP contribution in [-0.4, -0.2) is 4.57 Å². The van der Waals surface area contributed by atoms with Gasteiger partial charge in [0.05, 0.1) is 11.4 Å². The molecule has 2 heteroatoms. The Morgan fingerprint density at radius 3 is 3.27 bits per heavy atom. The number of hydrogen-bond donors (Lipinski definition) is 0. The summed E-state index contributed by atoms with van der Waals surface area (Å²) >= 11 is 1.92. The number of aromatic nitrogens is 1. The third kappa shape index (κ3) is 0.627. The van der Waals surface area contributed by atoms with Crippen LogP contribution in [0, 0.1) is 0 Å². The number of thioether (sulfide) groups is 1. The van der Waals surface area contributed by atoms with Gasteiger partial charge in [0.25, 0.3) is 0 Å². The predicted octanol–water partition coefficient (Wildman–Crippen LogP) is 2.70. The molecule has 3 rings (SSSR count). The van der Waals surface area contributed by atoms with Crippen LogP contribution in [0.4, 0.5) is 0 Å². The Balaban J connectivity index is 2.61. The van der Waals surface area contributed by atoms with Crippen LogP contribution >= 0.6 is 11.8 Å². The lowest BCUT2D eigenvalue weighted by Crippen LogP contribution is -1.82. The Labute approximate surface area is 69.0 Å². The highest BCUT2D eigenvalue weighted by Crippen LogP contribution is 2.35. The van der Waals surface area contributed by atoms with E-state index in [-0.39, 0.29) is 0 Å². The van der Waals surface area contributed by atoms with Crippen molar-refractivity contribution in [3.63, 3.8) is 0 Å². The molecule has 1 aliphatic rings. The van der Waals surface area contributed by atoms with Crippen LogP contribution in [0.25, 0.3) is 10.9 Å². The highest BCUT2D eigenvalue weighted by molar-refractivity contribution is 7.98. The second kappa shape index (κ2) is 1.83. The molecule has 0 N–H and O–H groups in total. The van der Waals surface area contributed by atoms with Crippen LogP contribution in [-0.2, 0) is 5.88 Å². The van der Waals surface area contributed by atoms with Crippen molar-refractivity contribution in [3.8, 4) is 0 Å². The zero-order valence-electron chi connectivity index (χ0n) is 5.95. The number of hydrogen-bond acceptors (Lipinski definition) is 1. The van der Waals surface area contributed by atoms with Gasteiger partial charge < -0.3 is 4.57 Å². The van der Waals surface area contributed by atoms with Crippen molar-refractivity contribution in [1.29, 1.82) is 0 Å². The highest BCUT2D eigenvalue weighted by Gasteiger charge is 2.12. The third-order valence-electron chi connectivity index (χ3n) is 2.11. The Hall–Kier alpha value is -0.890. The summed E-state index contributed by atoms with van der Waals surface area (Å²) in [4.78, 5) is 1.42. The second-order valence-corrected chi connectivity index (χ2v) is 3.74. The Morgan fingerprint density at radius 1 is 1.27 bits per heavy atom. The van der Waals surface area contributed by atoms with Crippen LogP contribution in [0.5, 0.6) is 0 Å². The molecule has 1 aromatic carbocycles. The summed E-state index contributed by atoms with van der Waals surface area (Å²) in [6, 6.07) is 8.66. The minimum atomic E-state index is 1.09. The van der Waals surface area contributed by atoms with Crippen LogP contribution in [0.1, 0.15) is 0 Å². The minimum absolute atomic E-state index is 1.09. The summed E-state index contributed by atoms with van der Waals surface area (Å²) in [5, 5.41) is 1.37. The van der Waals surface area contributed by atoms with Crippen LogP contribution in [0.2, 0.25) is 0 Å². The third-order valence-corrected chi connectivity index (χ3v) is 3.16. The molecule has 0 spiro atoms. The molecule has 54 valence electrons. The number of nitrogens with zero attached hydrogens (tertiary/aromatic N) is 1. The van der Waals surface area contributed by atoms with Crippen LogP contribution in [0.15, 0.2) is 35.4 Å². The van der Waals surface area contributed by atoms with E-state index in [1.165, 1.54) is 15.8 Å². The SMILES string of the molecule is c1cc2c3c(c1)ccn3CS2. The topological polar surface area (TPSA) is 4.93 Å². The second-order valence-electron chi connectivity index (χ2n) is 2.75. The van der Waals surface area contributed by atoms with E-state index in [9.17, 15) is 0 Å². The van der Waals surface area contributed by atoms with Crippen molar-refractivity contribution in [3.05, 3.63) is 30.5 Å². The van der Waals surface area contributed by atoms with Gasteiger partial charge in [0, 0.05) is 16.5 Å². The van der Waals surface area contributed by atoms with Gasteiger partial charge in [-0.05, 0) is 12.1 Å². The summed E-state index contributed by atoms with van der Waals surface area (Å²) in [6.45, 7) is 0. The Morgan fingerprint density at radius 2 is 2.27 bits per heavy atom. The first-order valence-corrected chi connectivity index (χ1v) is 4.64. The molecule has 0 radical (unpaired) electrons. The van der Waals surface area contributed by atoms with Crippen molar-refractivity contribution >= 4 is 22.7 Å². The van der Waals surface area contributed by atoms with Gasteiger partial charge >= 0.3 is 0 Å². The van der Waals surface area contributed by atoms with Gasteiger partial charge in [-0.15, -0.1) is 11.8 Å². The van der Waals surface area contributed by atoms with Gasteiger partial charge in [-0.1, -0.05) is 12.1 Å². The van der Waals surface area contributed by atoms with Crippen molar-refractivity contribution < 1.29 is 0 Å². The van der Waals surface area contributed by atoms with Gasteiger partial charge in [0.15, 0.2) is 0 Å². The molecule has 0 saturated carbocycles. The zero-order chi connectivity index (χ0) is 7.26. The average molecular weight is 161 g/mol. The van der Waals surface area contributed by atoms with Crippen molar-refractivity contribution in [1.82, 2.24) is 4.57 Å². The lowest BCUT2D eigenvalue weighted by molar-refractivity contribution is 0.956. The number of benzene rings is 1. The molecule has 0 atom stereocenters. The van der Waals surface area contributed by atoms with E-state index in [1.54, 1.807) is 0 Å². The van der Waals surface area contributed by atoms with Crippen LogP contribution < -0.4 is 0 Å². The maximum absolute atomic E-state index is 2.30. The first kappa shape index (κ1) is 5.72. The summed E-state index contributed by atoms with van der Waals surface area (Å²) in [5.41, 5.74) is 1.41. The first-order valence-electron chi connectivity index (χ1n) is 3.66. The Kier molecular flexibility index (Phi) is 0.950. The van der Waals surface area contributed by atoms with Crippen molar-refractivity contribution in [2.24, 2.45) is 0 Å². The molecule has 0 bridgehead atoms. The minimum Gasteiger partial charge on any atom is -0.336 e. The van der Waals surface area contributed by atoms with Crippen molar-refractivity contribution in [2.45, 2.75) is 10.8 Å². The lowest BCUT2D eigenvalue weighted by atomic mass is 10.2. The maximum atomic E-state index is 2.30. The molecule has 1 aliphatic heterocycles. The predicted molar refractivity (Wildman–Crippen MR) is 47.8 cm³/mol. The van der Waals surface area contributed by atoms with E-state index in [4.69, 9.17) is 0 Å². The summed E-state index contributed by atoms with van der Waals surface area (Å²) in [7, 11) is 0. The fourth-order valence-corrected chi connectivity index (χ4v) is 2.63. The van der Waals surface area contributed by atoms with Crippen molar-refractivity contribution in [2.75, 3.05) is 0 Å². The number of para-hydroxylation sites is 1. The molecular formula is C9H7NS. The molecule has 11 heavy (non-hydrogen) atoms. The number of rotatable bonds is 0.